The summed E-state index contributed by atoms with van der Waals surface area (Å²) in [4.78, 5) is 12.9. The van der Waals surface area contributed by atoms with E-state index in [1.54, 1.807) is 6.07 Å². The Kier molecular flexibility index (Phi) is 5.58. The van der Waals surface area contributed by atoms with Crippen molar-refractivity contribution in [2.45, 2.75) is 13.0 Å². The number of carbonyl (C=O) groups is 1. The van der Waals surface area contributed by atoms with Gasteiger partial charge in [0.25, 0.3) is 0 Å². The highest BCUT2D eigenvalue weighted by Gasteiger charge is 2.09. The predicted molar refractivity (Wildman–Crippen MR) is 67.1 cm³/mol. The van der Waals surface area contributed by atoms with Crippen LogP contribution in [0.1, 0.15) is 12.0 Å². The summed E-state index contributed by atoms with van der Waals surface area (Å²) < 4.78 is 18.3. The van der Waals surface area contributed by atoms with Gasteiger partial charge in [-0.25, -0.2) is 4.39 Å². The molecule has 0 N–H and O–H groups in total. The number of ether oxygens (including phenoxy) is 1. The van der Waals surface area contributed by atoms with Gasteiger partial charge in [0.2, 0.25) is 0 Å². The fourth-order valence-electron chi connectivity index (χ4n) is 1.42. The molecular formula is C12H15BrFNO2. The number of hydrogen-bond donors (Lipinski definition) is 0. The third-order valence-electron chi connectivity index (χ3n) is 2.40. The van der Waals surface area contributed by atoms with Crippen molar-refractivity contribution in [3.63, 3.8) is 0 Å². The summed E-state index contributed by atoms with van der Waals surface area (Å²) in [5, 5.41) is 0. The van der Waals surface area contributed by atoms with E-state index in [0.29, 0.717) is 24.0 Å². The van der Waals surface area contributed by atoms with Crippen molar-refractivity contribution in [1.82, 2.24) is 4.90 Å². The Balaban J connectivity index is 2.53. The Morgan fingerprint density at radius 3 is 2.88 bits per heavy atom. The Morgan fingerprint density at radius 1 is 1.53 bits per heavy atom. The first-order valence-electron chi connectivity index (χ1n) is 5.23. The third kappa shape index (κ3) is 4.44. The molecule has 0 saturated carbocycles. The van der Waals surface area contributed by atoms with Gasteiger partial charge in [0.15, 0.2) is 0 Å². The van der Waals surface area contributed by atoms with Crippen molar-refractivity contribution in [3.05, 3.63) is 34.1 Å². The molecule has 0 saturated heterocycles. The third-order valence-corrected chi connectivity index (χ3v) is 3.29. The van der Waals surface area contributed by atoms with Crippen molar-refractivity contribution in [2.75, 3.05) is 20.7 Å². The van der Waals surface area contributed by atoms with Gasteiger partial charge in [0, 0.05) is 13.1 Å². The molecule has 0 unspecified atom stereocenters. The lowest BCUT2D eigenvalue weighted by molar-refractivity contribution is -0.140. The molecule has 0 bridgehead atoms. The normalized spacial score (nSPS) is 10.6. The topological polar surface area (TPSA) is 29.5 Å². The lowest BCUT2D eigenvalue weighted by atomic mass is 10.2. The minimum atomic E-state index is -0.274. The molecule has 0 atom stereocenters. The number of halogens is 2. The smallest absolute Gasteiger partial charge is 0.306 e. The standard InChI is InChI=1S/C12H15BrFNO2/c1-15(7-6-11(16)17-2)8-9-4-3-5-10(14)12(9)13/h3-5H,6-8H2,1-2H3. The van der Waals surface area contributed by atoms with Gasteiger partial charge in [0.05, 0.1) is 18.0 Å². The van der Waals surface area contributed by atoms with Gasteiger partial charge >= 0.3 is 5.97 Å². The molecule has 0 amide bonds. The van der Waals surface area contributed by atoms with Crippen LogP contribution in [-0.4, -0.2) is 31.6 Å². The van der Waals surface area contributed by atoms with Crippen LogP contribution in [0.2, 0.25) is 0 Å². The molecule has 0 radical (unpaired) electrons. The number of nitrogens with zero attached hydrogens (tertiary/aromatic N) is 1. The van der Waals surface area contributed by atoms with Gasteiger partial charge in [-0.15, -0.1) is 0 Å². The maximum Gasteiger partial charge on any atom is 0.306 e. The summed E-state index contributed by atoms with van der Waals surface area (Å²) in [6, 6.07) is 4.92. The molecule has 0 heterocycles. The average Bonchev–Trinajstić information content (AvgIpc) is 2.32. The van der Waals surface area contributed by atoms with Crippen LogP contribution in [0.5, 0.6) is 0 Å². The van der Waals surface area contributed by atoms with E-state index in [9.17, 15) is 9.18 Å². The first-order valence-corrected chi connectivity index (χ1v) is 6.02. The highest BCUT2D eigenvalue weighted by Crippen LogP contribution is 2.21. The van der Waals surface area contributed by atoms with E-state index in [4.69, 9.17) is 0 Å². The van der Waals surface area contributed by atoms with Gasteiger partial charge in [-0.3, -0.25) is 4.79 Å². The van der Waals surface area contributed by atoms with Crippen molar-refractivity contribution in [2.24, 2.45) is 0 Å². The van der Waals surface area contributed by atoms with Gasteiger partial charge in [-0.1, -0.05) is 12.1 Å². The van der Waals surface area contributed by atoms with Crippen molar-refractivity contribution >= 4 is 21.9 Å². The summed E-state index contributed by atoms with van der Waals surface area (Å²) >= 11 is 3.21. The lowest BCUT2D eigenvalue weighted by Crippen LogP contribution is -2.22. The molecule has 17 heavy (non-hydrogen) atoms. The largest absolute Gasteiger partial charge is 0.469 e. The first kappa shape index (κ1) is 14.1. The highest BCUT2D eigenvalue weighted by molar-refractivity contribution is 9.10. The summed E-state index contributed by atoms with van der Waals surface area (Å²) in [7, 11) is 3.24. The van der Waals surface area contributed by atoms with Gasteiger partial charge in [-0.2, -0.15) is 0 Å². The van der Waals surface area contributed by atoms with Crippen molar-refractivity contribution in [3.8, 4) is 0 Å². The van der Waals surface area contributed by atoms with E-state index in [-0.39, 0.29) is 11.8 Å². The van der Waals surface area contributed by atoms with Crippen molar-refractivity contribution < 1.29 is 13.9 Å². The minimum absolute atomic E-state index is 0.241. The van der Waals surface area contributed by atoms with Gasteiger partial charge < -0.3 is 9.64 Å². The highest BCUT2D eigenvalue weighted by atomic mass is 79.9. The zero-order valence-corrected chi connectivity index (χ0v) is 11.5. The van der Waals surface area contributed by atoms with Crippen LogP contribution in [0, 0.1) is 5.82 Å². The lowest BCUT2D eigenvalue weighted by Gasteiger charge is -2.16. The van der Waals surface area contributed by atoms with Crippen LogP contribution < -0.4 is 0 Å². The first-order chi connectivity index (χ1) is 8.04. The molecule has 0 aliphatic heterocycles. The summed E-state index contributed by atoms with van der Waals surface area (Å²) in [5.41, 5.74) is 0.859. The number of hydrogen-bond acceptors (Lipinski definition) is 3. The maximum atomic E-state index is 13.3. The van der Waals surface area contributed by atoms with Crippen LogP contribution in [-0.2, 0) is 16.1 Å². The number of esters is 1. The maximum absolute atomic E-state index is 13.3. The van der Waals surface area contributed by atoms with E-state index in [1.165, 1.54) is 13.2 Å². The Morgan fingerprint density at radius 2 is 2.24 bits per heavy atom. The number of methoxy groups -OCH3 is 1. The van der Waals surface area contributed by atoms with Crippen LogP contribution in [0.25, 0.3) is 0 Å². The average molecular weight is 304 g/mol. The Labute approximate surface area is 109 Å². The molecule has 0 aliphatic rings. The number of benzene rings is 1. The molecule has 0 fully saturated rings. The van der Waals surface area contributed by atoms with Crippen LogP contribution in [0.3, 0.4) is 0 Å². The summed E-state index contributed by atoms with van der Waals surface area (Å²) in [6.45, 7) is 1.16. The molecule has 0 aliphatic carbocycles. The number of carbonyl (C=O) groups excluding carboxylic acids is 1. The molecule has 0 aromatic heterocycles. The van der Waals surface area contributed by atoms with E-state index < -0.39 is 0 Å². The van der Waals surface area contributed by atoms with E-state index in [2.05, 4.69) is 20.7 Å². The van der Waals surface area contributed by atoms with Crippen molar-refractivity contribution in [1.29, 1.82) is 0 Å². The van der Waals surface area contributed by atoms with Crippen LogP contribution >= 0.6 is 15.9 Å². The summed E-state index contributed by atoms with van der Waals surface area (Å²) in [5.74, 6) is -0.515. The predicted octanol–water partition coefficient (Wildman–Crippen LogP) is 2.58. The molecule has 0 spiro atoms. The second-order valence-corrected chi connectivity index (χ2v) is 4.57. The fourth-order valence-corrected chi connectivity index (χ4v) is 1.81. The van der Waals surface area contributed by atoms with E-state index in [1.807, 2.05) is 18.0 Å². The second kappa shape index (κ2) is 6.71. The molecule has 3 nitrogen and oxygen atoms in total. The van der Waals surface area contributed by atoms with E-state index in [0.717, 1.165) is 5.56 Å². The molecule has 1 aromatic rings. The van der Waals surface area contributed by atoms with E-state index >= 15 is 0 Å². The monoisotopic (exact) mass is 303 g/mol. The van der Waals surface area contributed by atoms with Gasteiger partial charge in [0.1, 0.15) is 5.82 Å². The number of rotatable bonds is 5. The van der Waals surface area contributed by atoms with Crippen LogP contribution in [0.4, 0.5) is 4.39 Å². The van der Waals surface area contributed by atoms with Crippen LogP contribution in [0.15, 0.2) is 22.7 Å². The molecule has 94 valence electrons. The molecule has 5 heteroatoms. The SMILES string of the molecule is COC(=O)CCN(C)Cc1cccc(F)c1Br. The Hall–Kier alpha value is -0.940. The summed E-state index contributed by atoms with van der Waals surface area (Å²) in [6.07, 6.45) is 0.333. The zero-order valence-electron chi connectivity index (χ0n) is 9.87. The van der Waals surface area contributed by atoms with Gasteiger partial charge in [-0.05, 0) is 34.6 Å². The zero-order chi connectivity index (χ0) is 12.8. The fraction of sp³-hybridized carbons (Fsp3) is 0.417. The molecular weight excluding hydrogens is 289 g/mol. The molecule has 1 rings (SSSR count). The minimum Gasteiger partial charge on any atom is -0.469 e. The second-order valence-electron chi connectivity index (χ2n) is 3.78. The quantitative estimate of drug-likeness (QED) is 0.783. The Bertz CT molecular complexity index is 398. The molecule has 1 aromatic carbocycles.